The Labute approximate surface area is 155 Å². The van der Waals surface area contributed by atoms with Gasteiger partial charge in [-0.1, -0.05) is 35.0 Å². The van der Waals surface area contributed by atoms with Crippen molar-refractivity contribution < 1.29 is 18.8 Å². The highest BCUT2D eigenvalue weighted by atomic mass is 35.5. The molecule has 1 atom stereocenters. The third kappa shape index (κ3) is 3.30. The van der Waals surface area contributed by atoms with Crippen molar-refractivity contribution in [2.75, 3.05) is 7.11 Å². The van der Waals surface area contributed by atoms with Crippen molar-refractivity contribution in [1.29, 1.82) is 0 Å². The summed E-state index contributed by atoms with van der Waals surface area (Å²) in [6, 6.07) is 7.34. The second kappa shape index (κ2) is 7.21. The summed E-state index contributed by atoms with van der Waals surface area (Å²) in [5.41, 5.74) is 2.94. The normalized spacial score (nSPS) is 17.2. The number of hydrogen-bond acceptors (Lipinski definition) is 7. The van der Waals surface area contributed by atoms with E-state index in [9.17, 15) is 4.79 Å². The van der Waals surface area contributed by atoms with E-state index in [-0.39, 0.29) is 0 Å². The van der Waals surface area contributed by atoms with Gasteiger partial charge in [-0.25, -0.2) is 4.79 Å². The summed E-state index contributed by atoms with van der Waals surface area (Å²) in [5.74, 6) is 0.699. The minimum Gasteiger partial charge on any atom is -0.437 e. The maximum Gasteiger partial charge on any atom is 0.513 e. The van der Waals surface area contributed by atoms with E-state index in [1.54, 1.807) is 13.0 Å². The zero-order valence-corrected chi connectivity index (χ0v) is 15.5. The molecule has 0 spiro atoms. The van der Waals surface area contributed by atoms with Crippen molar-refractivity contribution in [3.05, 3.63) is 63.7 Å². The maximum atomic E-state index is 11.8. The van der Waals surface area contributed by atoms with Gasteiger partial charge < -0.3 is 19.3 Å². The summed E-state index contributed by atoms with van der Waals surface area (Å²) < 4.78 is 15.3. The van der Waals surface area contributed by atoms with Gasteiger partial charge in [0.1, 0.15) is 5.76 Å². The number of nitrogens with one attached hydrogen (secondary N) is 1. The first-order valence-corrected chi connectivity index (χ1v) is 8.29. The summed E-state index contributed by atoms with van der Waals surface area (Å²) in [4.78, 5) is 16.1. The van der Waals surface area contributed by atoms with Gasteiger partial charge in [-0.05, 0) is 25.5 Å². The SMILES string of the molecule is COC(=O)OC1=C(C)NC(C)=C(c2noc(C)n2)C1c1ccccc1Cl. The van der Waals surface area contributed by atoms with Crippen LogP contribution in [0.2, 0.25) is 5.02 Å². The molecule has 2 aromatic rings. The van der Waals surface area contributed by atoms with Crippen LogP contribution in [-0.2, 0) is 9.47 Å². The minimum atomic E-state index is -0.818. The van der Waals surface area contributed by atoms with Gasteiger partial charge in [-0.3, -0.25) is 0 Å². The molecule has 1 aromatic carbocycles. The molecule has 1 aliphatic rings. The highest BCUT2D eigenvalue weighted by Crippen LogP contribution is 2.44. The van der Waals surface area contributed by atoms with Crippen LogP contribution in [0.15, 0.2) is 45.9 Å². The summed E-state index contributed by atoms with van der Waals surface area (Å²) in [7, 11) is 1.25. The fraction of sp³-hybridized carbons (Fsp3) is 0.278. The van der Waals surface area contributed by atoms with Crippen molar-refractivity contribution in [3.63, 3.8) is 0 Å². The van der Waals surface area contributed by atoms with Crippen LogP contribution in [0.1, 0.15) is 37.0 Å². The van der Waals surface area contributed by atoms with Gasteiger partial charge in [-0.15, -0.1) is 0 Å². The molecular weight excluding hydrogens is 358 g/mol. The van der Waals surface area contributed by atoms with E-state index in [2.05, 4.69) is 20.2 Å². The molecule has 1 aromatic heterocycles. The van der Waals surface area contributed by atoms with Gasteiger partial charge in [0.15, 0.2) is 0 Å². The Hall–Kier alpha value is -2.80. The minimum absolute atomic E-state index is 0.369. The Morgan fingerprint density at radius 3 is 2.58 bits per heavy atom. The van der Waals surface area contributed by atoms with Gasteiger partial charge in [-0.2, -0.15) is 4.98 Å². The van der Waals surface area contributed by atoms with Gasteiger partial charge >= 0.3 is 6.16 Å². The van der Waals surface area contributed by atoms with E-state index in [0.29, 0.717) is 33.8 Å². The molecule has 0 saturated carbocycles. The van der Waals surface area contributed by atoms with Crippen LogP contribution in [0.3, 0.4) is 0 Å². The molecular formula is C18H18ClN3O4. The van der Waals surface area contributed by atoms with Crippen LogP contribution in [-0.4, -0.2) is 23.4 Å². The zero-order valence-electron chi connectivity index (χ0n) is 14.8. The second-order valence-electron chi connectivity index (χ2n) is 5.80. The standard InChI is InChI=1S/C18H18ClN3O4/c1-9-14(17-21-11(3)26-22-17)15(12-7-5-6-8-13(12)19)16(10(2)20-9)25-18(23)24-4/h5-8,15,20H,1-4H3. The first-order valence-electron chi connectivity index (χ1n) is 7.91. The number of allylic oxidation sites excluding steroid dienone is 3. The molecule has 1 aliphatic heterocycles. The van der Waals surface area contributed by atoms with E-state index >= 15 is 0 Å². The molecule has 0 bridgehead atoms. The Kier molecular flexibility index (Phi) is 4.99. The largest absolute Gasteiger partial charge is 0.513 e. The lowest BCUT2D eigenvalue weighted by molar-refractivity contribution is 0.0929. The molecule has 3 rings (SSSR count). The number of aromatic nitrogens is 2. The van der Waals surface area contributed by atoms with E-state index in [0.717, 1.165) is 11.3 Å². The Bertz CT molecular complexity index is 917. The van der Waals surface area contributed by atoms with E-state index in [1.165, 1.54) is 7.11 Å². The average molecular weight is 376 g/mol. The molecule has 1 N–H and O–H groups in total. The summed E-state index contributed by atoms with van der Waals surface area (Å²) in [6.07, 6.45) is -0.818. The molecule has 0 saturated heterocycles. The number of dihydropyridines is 1. The first-order chi connectivity index (χ1) is 12.4. The number of ether oxygens (including phenoxy) is 2. The summed E-state index contributed by atoms with van der Waals surface area (Å²) in [6.45, 7) is 5.41. The molecule has 0 aliphatic carbocycles. The third-order valence-electron chi connectivity index (χ3n) is 4.04. The molecule has 0 radical (unpaired) electrons. The van der Waals surface area contributed by atoms with Gasteiger partial charge in [0.05, 0.1) is 18.7 Å². The predicted molar refractivity (Wildman–Crippen MR) is 95.1 cm³/mol. The second-order valence-corrected chi connectivity index (χ2v) is 6.21. The number of benzene rings is 1. The van der Waals surface area contributed by atoms with Crippen molar-refractivity contribution in [2.45, 2.75) is 26.7 Å². The predicted octanol–water partition coefficient (Wildman–Crippen LogP) is 4.16. The van der Waals surface area contributed by atoms with Crippen molar-refractivity contribution >= 4 is 23.3 Å². The van der Waals surface area contributed by atoms with E-state index < -0.39 is 12.1 Å². The number of halogens is 1. The van der Waals surface area contributed by atoms with Gasteiger partial charge in [0.2, 0.25) is 11.7 Å². The topological polar surface area (TPSA) is 86.5 Å². The lowest BCUT2D eigenvalue weighted by Crippen LogP contribution is -2.27. The number of carbonyl (C=O) groups is 1. The maximum absolute atomic E-state index is 11.8. The number of methoxy groups -OCH3 is 1. The van der Waals surface area contributed by atoms with Crippen LogP contribution in [0, 0.1) is 6.92 Å². The number of carbonyl (C=O) groups excluding carboxylic acids is 1. The van der Waals surface area contributed by atoms with Crippen molar-refractivity contribution in [3.8, 4) is 0 Å². The fourth-order valence-electron chi connectivity index (χ4n) is 2.95. The van der Waals surface area contributed by atoms with Crippen LogP contribution in [0.25, 0.3) is 5.57 Å². The smallest absolute Gasteiger partial charge is 0.437 e. The lowest BCUT2D eigenvalue weighted by Gasteiger charge is -2.30. The molecule has 26 heavy (non-hydrogen) atoms. The average Bonchev–Trinajstić information content (AvgIpc) is 3.03. The Balaban J connectivity index is 2.20. The summed E-state index contributed by atoms with van der Waals surface area (Å²) in [5, 5.41) is 7.76. The zero-order chi connectivity index (χ0) is 18.8. The summed E-state index contributed by atoms with van der Waals surface area (Å²) >= 11 is 6.45. The lowest BCUT2D eigenvalue weighted by atomic mass is 9.84. The quantitative estimate of drug-likeness (QED) is 0.806. The number of rotatable bonds is 3. The molecule has 0 amide bonds. The van der Waals surface area contributed by atoms with Crippen molar-refractivity contribution in [1.82, 2.24) is 15.5 Å². The molecule has 1 unspecified atom stereocenters. The molecule has 0 fully saturated rings. The fourth-order valence-corrected chi connectivity index (χ4v) is 3.20. The molecule has 136 valence electrons. The van der Waals surface area contributed by atoms with E-state index in [4.69, 9.17) is 20.9 Å². The number of aryl methyl sites for hydroxylation is 1. The number of nitrogens with zero attached hydrogens (tertiary/aromatic N) is 2. The number of hydrogen-bond donors (Lipinski definition) is 1. The monoisotopic (exact) mass is 375 g/mol. The van der Waals surface area contributed by atoms with Gasteiger partial charge in [0.25, 0.3) is 0 Å². The highest BCUT2D eigenvalue weighted by Gasteiger charge is 2.36. The van der Waals surface area contributed by atoms with E-state index in [1.807, 2.05) is 32.0 Å². The molecule has 8 heteroatoms. The first kappa shape index (κ1) is 18.0. The van der Waals surface area contributed by atoms with Crippen LogP contribution in [0.5, 0.6) is 0 Å². The third-order valence-corrected chi connectivity index (χ3v) is 4.39. The van der Waals surface area contributed by atoms with Crippen LogP contribution in [0.4, 0.5) is 4.79 Å². The van der Waals surface area contributed by atoms with Crippen LogP contribution >= 0.6 is 11.6 Å². The Morgan fingerprint density at radius 2 is 1.96 bits per heavy atom. The van der Waals surface area contributed by atoms with Crippen LogP contribution < -0.4 is 5.32 Å². The molecule has 2 heterocycles. The molecule has 7 nitrogen and oxygen atoms in total. The Morgan fingerprint density at radius 1 is 1.23 bits per heavy atom. The highest BCUT2D eigenvalue weighted by molar-refractivity contribution is 6.31. The van der Waals surface area contributed by atoms with Gasteiger partial charge in [0, 0.05) is 23.2 Å². The van der Waals surface area contributed by atoms with Crippen molar-refractivity contribution in [2.24, 2.45) is 0 Å².